The molecule has 0 amide bonds. The molecule has 3 fully saturated rings. The normalized spacial score (nSPS) is 47.4. The summed E-state index contributed by atoms with van der Waals surface area (Å²) in [6.07, 6.45) is 8.20. The van der Waals surface area contributed by atoms with Crippen LogP contribution < -0.4 is 0 Å². The van der Waals surface area contributed by atoms with Crippen LogP contribution in [0.15, 0.2) is 11.6 Å². The maximum atomic E-state index is 13.2. The Bertz CT molecular complexity index is 753. The van der Waals surface area contributed by atoms with Gasteiger partial charge in [-0.05, 0) is 94.1 Å². The van der Waals surface area contributed by atoms with E-state index < -0.39 is 28.8 Å². The van der Waals surface area contributed by atoms with Gasteiger partial charge in [0.25, 0.3) is 0 Å². The van der Waals surface area contributed by atoms with Gasteiger partial charge in [-0.3, -0.25) is 4.79 Å². The number of ketones is 1. The summed E-state index contributed by atoms with van der Waals surface area (Å²) in [4.78, 5) is 13.2. The Kier molecular flexibility index (Phi) is 5.77. The van der Waals surface area contributed by atoms with Crippen LogP contribution in [0.3, 0.4) is 0 Å². The molecule has 4 aliphatic carbocycles. The molecule has 8 atom stereocenters. The predicted octanol–water partition coefficient (Wildman–Crippen LogP) is 3.52. The van der Waals surface area contributed by atoms with Gasteiger partial charge in [0.15, 0.2) is 5.78 Å². The third-order valence-electron chi connectivity index (χ3n) is 9.90. The van der Waals surface area contributed by atoms with Gasteiger partial charge < -0.3 is 20.4 Å². The summed E-state index contributed by atoms with van der Waals surface area (Å²) in [6, 6.07) is 0. The van der Waals surface area contributed by atoms with E-state index in [-0.39, 0.29) is 23.0 Å². The third-order valence-corrected chi connectivity index (χ3v) is 9.90. The monoisotopic (exact) mass is 434 g/mol. The first kappa shape index (κ1) is 23.4. The lowest BCUT2D eigenvalue weighted by Crippen LogP contribution is -2.60. The lowest BCUT2D eigenvalue weighted by molar-refractivity contribution is -0.152. The summed E-state index contributed by atoms with van der Waals surface area (Å²) in [5.74, 6) is 0.252. The van der Waals surface area contributed by atoms with E-state index in [1.807, 2.05) is 13.8 Å². The van der Waals surface area contributed by atoms with Crippen LogP contribution in [-0.4, -0.2) is 49.6 Å². The van der Waals surface area contributed by atoms with Gasteiger partial charge in [0.1, 0.15) is 0 Å². The van der Waals surface area contributed by atoms with Gasteiger partial charge in [0.05, 0.1) is 23.4 Å². The number of carbonyl (C=O) groups excluding carboxylic acids is 1. The highest BCUT2D eigenvalue weighted by atomic mass is 16.3. The van der Waals surface area contributed by atoms with Crippen molar-refractivity contribution in [2.45, 2.75) is 115 Å². The smallest absolute Gasteiger partial charge is 0.159 e. The number of aliphatic hydroxyl groups excluding tert-OH is 2. The van der Waals surface area contributed by atoms with Crippen LogP contribution in [0.1, 0.15) is 91.9 Å². The summed E-state index contributed by atoms with van der Waals surface area (Å²) in [5, 5.41) is 42.7. The standard InChI is InChI=1S/C26H42O5/c1-23(2,30)10-6-5-7-16-8-12-26(31)18-13-20(27)19-14-21(28)22(29)15-24(19,3)17(18)9-11-25(16,26)4/h13,16-17,19,21-22,28-31H,5-12,14-15H2,1-4H3/t16-,17?,19-,21+,22-,24+,25+,26+/m0/s1. The Morgan fingerprint density at radius 1 is 1.06 bits per heavy atom. The van der Waals surface area contributed by atoms with Gasteiger partial charge in [-0.2, -0.15) is 0 Å². The van der Waals surface area contributed by atoms with E-state index in [9.17, 15) is 25.2 Å². The number of fused-ring (bicyclic) bond motifs is 5. The molecule has 0 aromatic heterocycles. The zero-order valence-electron chi connectivity index (χ0n) is 19.7. The van der Waals surface area contributed by atoms with Crippen molar-refractivity contribution in [2.24, 2.45) is 28.6 Å². The van der Waals surface area contributed by atoms with Crippen LogP contribution in [0.5, 0.6) is 0 Å². The fraction of sp³-hybridized carbons (Fsp3) is 0.885. The summed E-state index contributed by atoms with van der Waals surface area (Å²) < 4.78 is 0. The molecule has 176 valence electrons. The minimum Gasteiger partial charge on any atom is -0.390 e. The first-order valence-electron chi connectivity index (χ1n) is 12.4. The molecule has 5 nitrogen and oxygen atoms in total. The Labute approximate surface area is 186 Å². The molecular formula is C26H42O5. The molecule has 5 heteroatoms. The summed E-state index contributed by atoms with van der Waals surface area (Å²) in [5.41, 5.74) is -1.31. The second-order valence-corrected chi connectivity index (χ2v) is 12.3. The van der Waals surface area contributed by atoms with E-state index in [0.717, 1.165) is 50.5 Å². The molecule has 0 radical (unpaired) electrons. The maximum Gasteiger partial charge on any atom is 0.159 e. The zero-order valence-corrected chi connectivity index (χ0v) is 19.7. The van der Waals surface area contributed by atoms with Gasteiger partial charge in [-0.1, -0.05) is 26.7 Å². The number of hydrogen-bond acceptors (Lipinski definition) is 5. The largest absolute Gasteiger partial charge is 0.390 e. The Balaban J connectivity index is 1.57. The molecule has 1 unspecified atom stereocenters. The molecule has 0 bridgehead atoms. The average molecular weight is 435 g/mol. The highest BCUT2D eigenvalue weighted by Crippen LogP contribution is 2.67. The average Bonchev–Trinajstić information content (AvgIpc) is 2.92. The topological polar surface area (TPSA) is 98.0 Å². The first-order chi connectivity index (χ1) is 14.3. The fourth-order valence-corrected chi connectivity index (χ4v) is 7.89. The molecule has 4 N–H and O–H groups in total. The Morgan fingerprint density at radius 2 is 1.77 bits per heavy atom. The molecule has 3 saturated carbocycles. The molecule has 0 aromatic carbocycles. The predicted molar refractivity (Wildman–Crippen MR) is 119 cm³/mol. The van der Waals surface area contributed by atoms with E-state index in [1.165, 1.54) is 0 Å². The van der Waals surface area contributed by atoms with Crippen molar-refractivity contribution >= 4 is 5.78 Å². The fourth-order valence-electron chi connectivity index (χ4n) is 7.89. The van der Waals surface area contributed by atoms with E-state index in [1.54, 1.807) is 6.08 Å². The Hall–Kier alpha value is -0.750. The lowest BCUT2D eigenvalue weighted by atomic mass is 9.46. The SMILES string of the molecule is CC(C)(O)CCCC[C@H]1CC[C@@]2(O)C3=CC(=O)[C@@H]4C[C@@H](O)[C@@H](O)C[C@]4(C)C3CC[C@]12C. The number of carbonyl (C=O) groups is 1. The number of allylic oxidation sites excluding steroid dienone is 1. The van der Waals surface area contributed by atoms with E-state index >= 15 is 0 Å². The lowest BCUT2D eigenvalue weighted by Gasteiger charge is -2.60. The second kappa shape index (κ2) is 7.65. The van der Waals surface area contributed by atoms with Gasteiger partial charge >= 0.3 is 0 Å². The maximum absolute atomic E-state index is 13.2. The second-order valence-electron chi connectivity index (χ2n) is 12.3. The molecule has 4 rings (SSSR count). The zero-order chi connectivity index (χ0) is 22.8. The quantitative estimate of drug-likeness (QED) is 0.496. The van der Waals surface area contributed by atoms with Crippen molar-refractivity contribution in [3.8, 4) is 0 Å². The molecule has 0 spiro atoms. The van der Waals surface area contributed by atoms with Gasteiger partial charge in [-0.15, -0.1) is 0 Å². The van der Waals surface area contributed by atoms with Crippen LogP contribution in [-0.2, 0) is 4.79 Å². The van der Waals surface area contributed by atoms with E-state index in [2.05, 4.69) is 13.8 Å². The van der Waals surface area contributed by atoms with Gasteiger partial charge in [0, 0.05) is 11.3 Å². The molecule has 0 aromatic rings. The van der Waals surface area contributed by atoms with Crippen LogP contribution in [0.2, 0.25) is 0 Å². The summed E-state index contributed by atoms with van der Waals surface area (Å²) in [6.45, 7) is 8.02. The molecule has 0 heterocycles. The van der Waals surface area contributed by atoms with Crippen molar-refractivity contribution < 1.29 is 25.2 Å². The van der Waals surface area contributed by atoms with Crippen LogP contribution in [0.4, 0.5) is 0 Å². The molecule has 31 heavy (non-hydrogen) atoms. The van der Waals surface area contributed by atoms with Crippen LogP contribution in [0.25, 0.3) is 0 Å². The van der Waals surface area contributed by atoms with Gasteiger partial charge in [0.2, 0.25) is 0 Å². The van der Waals surface area contributed by atoms with E-state index in [4.69, 9.17) is 0 Å². The molecule has 0 aliphatic heterocycles. The molecule has 0 saturated heterocycles. The minimum atomic E-state index is -0.957. The molecular weight excluding hydrogens is 392 g/mol. The summed E-state index contributed by atoms with van der Waals surface area (Å²) >= 11 is 0. The number of rotatable bonds is 5. The number of unbranched alkanes of at least 4 members (excludes halogenated alkanes) is 1. The van der Waals surface area contributed by atoms with Crippen LogP contribution >= 0.6 is 0 Å². The van der Waals surface area contributed by atoms with Crippen LogP contribution in [0, 0.1) is 28.6 Å². The van der Waals surface area contributed by atoms with Crippen molar-refractivity contribution in [3.63, 3.8) is 0 Å². The van der Waals surface area contributed by atoms with Gasteiger partial charge in [-0.25, -0.2) is 0 Å². The summed E-state index contributed by atoms with van der Waals surface area (Å²) in [7, 11) is 0. The van der Waals surface area contributed by atoms with Crippen molar-refractivity contribution in [1.82, 2.24) is 0 Å². The van der Waals surface area contributed by atoms with Crippen molar-refractivity contribution in [1.29, 1.82) is 0 Å². The highest BCUT2D eigenvalue weighted by Gasteiger charge is 2.66. The first-order valence-corrected chi connectivity index (χ1v) is 12.4. The Morgan fingerprint density at radius 3 is 2.45 bits per heavy atom. The number of aliphatic hydroxyl groups is 4. The third kappa shape index (κ3) is 3.64. The van der Waals surface area contributed by atoms with E-state index in [0.29, 0.717) is 25.2 Å². The van der Waals surface area contributed by atoms with Crippen molar-refractivity contribution in [3.05, 3.63) is 11.6 Å². The molecule has 4 aliphatic rings. The highest BCUT2D eigenvalue weighted by molar-refractivity contribution is 5.95. The van der Waals surface area contributed by atoms with Crippen molar-refractivity contribution in [2.75, 3.05) is 0 Å². The number of hydrogen-bond donors (Lipinski definition) is 4. The minimum absolute atomic E-state index is 0.0194.